The number of fused-ring (bicyclic) bond motifs is 1. The summed E-state index contributed by atoms with van der Waals surface area (Å²) in [5.41, 5.74) is 2.74. The van der Waals surface area contributed by atoms with Crippen LogP contribution < -0.4 is 14.2 Å². The maximum atomic E-state index is 13.7. The molecule has 34 heavy (non-hydrogen) atoms. The molecule has 0 aliphatic rings. The molecule has 5 aromatic rings. The van der Waals surface area contributed by atoms with Crippen LogP contribution in [0.5, 0.6) is 23.0 Å². The van der Waals surface area contributed by atoms with Crippen LogP contribution in [0.4, 0.5) is 0 Å². The number of rotatable bonds is 6. The minimum atomic E-state index is -0.234. The Bertz CT molecular complexity index is 1470. The van der Waals surface area contributed by atoms with Gasteiger partial charge in [0.1, 0.15) is 17.1 Å². The van der Waals surface area contributed by atoms with E-state index in [0.717, 1.165) is 16.5 Å². The summed E-state index contributed by atoms with van der Waals surface area (Å²) in [6.07, 6.45) is 3.48. The number of hydrogen-bond acceptors (Lipinski definition) is 5. The van der Waals surface area contributed by atoms with Gasteiger partial charge in [0.15, 0.2) is 11.5 Å². The summed E-state index contributed by atoms with van der Waals surface area (Å²) in [6.45, 7) is 0. The lowest BCUT2D eigenvalue weighted by molar-refractivity contribution is 0.0962. The van der Waals surface area contributed by atoms with Crippen LogP contribution in [0.2, 0.25) is 0 Å². The number of aromatic nitrogens is 2. The van der Waals surface area contributed by atoms with Crippen molar-refractivity contribution in [2.45, 2.75) is 0 Å². The van der Waals surface area contributed by atoms with Crippen molar-refractivity contribution in [1.29, 1.82) is 0 Å². The molecule has 3 aromatic carbocycles. The van der Waals surface area contributed by atoms with Gasteiger partial charge >= 0.3 is 0 Å². The van der Waals surface area contributed by atoms with E-state index in [4.69, 9.17) is 14.2 Å². The number of benzene rings is 3. The highest BCUT2D eigenvalue weighted by Gasteiger charge is 2.21. The van der Waals surface area contributed by atoms with E-state index >= 15 is 0 Å². The minimum absolute atomic E-state index is 0.234. The van der Waals surface area contributed by atoms with Gasteiger partial charge in [-0.05, 0) is 54.1 Å². The zero-order chi connectivity index (χ0) is 23.5. The fourth-order valence-corrected chi connectivity index (χ4v) is 3.93. The van der Waals surface area contributed by atoms with E-state index in [1.807, 2.05) is 72.8 Å². The predicted octanol–water partition coefficient (Wildman–Crippen LogP) is 6.20. The number of pyridine rings is 1. The molecule has 0 unspecified atom stereocenters. The van der Waals surface area contributed by atoms with Crippen molar-refractivity contribution < 1.29 is 19.0 Å². The van der Waals surface area contributed by atoms with Crippen LogP contribution in [0.3, 0.4) is 0 Å². The van der Waals surface area contributed by atoms with Crippen molar-refractivity contribution in [2.75, 3.05) is 14.2 Å². The van der Waals surface area contributed by atoms with E-state index in [1.165, 1.54) is 0 Å². The van der Waals surface area contributed by atoms with Crippen LogP contribution in [-0.4, -0.2) is 29.7 Å². The first-order chi connectivity index (χ1) is 16.7. The smallest absolute Gasteiger partial charge is 0.267 e. The van der Waals surface area contributed by atoms with Crippen molar-refractivity contribution in [3.8, 4) is 34.1 Å². The highest BCUT2D eigenvalue weighted by atomic mass is 16.5. The van der Waals surface area contributed by atoms with Gasteiger partial charge in [0, 0.05) is 23.3 Å². The molecule has 0 N–H and O–H groups in total. The fraction of sp³-hybridized carbons (Fsp3) is 0.0714. The van der Waals surface area contributed by atoms with Gasteiger partial charge < -0.3 is 14.2 Å². The molecule has 2 aromatic heterocycles. The highest BCUT2D eigenvalue weighted by molar-refractivity contribution is 6.06. The summed E-state index contributed by atoms with van der Waals surface area (Å²) in [5.74, 6) is 2.14. The summed E-state index contributed by atoms with van der Waals surface area (Å²) in [7, 11) is 3.20. The van der Waals surface area contributed by atoms with E-state index in [-0.39, 0.29) is 5.91 Å². The molecule has 0 bridgehead atoms. The summed E-state index contributed by atoms with van der Waals surface area (Å²) in [4.78, 5) is 18.2. The summed E-state index contributed by atoms with van der Waals surface area (Å²) >= 11 is 0. The Morgan fingerprint density at radius 3 is 2.35 bits per heavy atom. The zero-order valence-electron chi connectivity index (χ0n) is 18.8. The quantitative estimate of drug-likeness (QED) is 0.308. The number of methoxy groups -OCH3 is 2. The third-order valence-corrected chi connectivity index (χ3v) is 5.57. The number of hydrogen-bond donors (Lipinski definition) is 0. The molecule has 0 spiro atoms. The zero-order valence-corrected chi connectivity index (χ0v) is 18.8. The van der Waals surface area contributed by atoms with Gasteiger partial charge in [-0.15, -0.1) is 0 Å². The van der Waals surface area contributed by atoms with E-state index in [0.29, 0.717) is 34.2 Å². The van der Waals surface area contributed by atoms with E-state index in [9.17, 15) is 4.79 Å². The summed E-state index contributed by atoms with van der Waals surface area (Å²) < 4.78 is 18.4. The number of ether oxygens (including phenoxy) is 3. The molecule has 0 radical (unpaired) electrons. The van der Waals surface area contributed by atoms with Crippen LogP contribution in [0.25, 0.3) is 22.2 Å². The van der Waals surface area contributed by atoms with Gasteiger partial charge in [-0.1, -0.05) is 36.4 Å². The van der Waals surface area contributed by atoms with Gasteiger partial charge in [0.25, 0.3) is 5.91 Å². The standard InChI is InChI=1S/C28H22N2O4/c1-32-25-15-14-19(17-26(25)33-2)23-18-30(27-21(23)12-8-16-29-27)28(31)22-11-6-7-13-24(22)34-20-9-4-3-5-10-20/h3-18H,1-2H3. The Labute approximate surface area is 197 Å². The average Bonchev–Trinajstić information content (AvgIpc) is 3.28. The van der Waals surface area contributed by atoms with Crippen molar-refractivity contribution in [3.05, 3.63) is 103 Å². The average molecular weight is 450 g/mol. The topological polar surface area (TPSA) is 62.6 Å². The SMILES string of the molecule is COc1ccc(-c2cn(C(=O)c3ccccc3Oc3ccccc3)c3ncccc23)cc1OC. The lowest BCUT2D eigenvalue weighted by Crippen LogP contribution is -2.12. The fourth-order valence-electron chi connectivity index (χ4n) is 3.93. The minimum Gasteiger partial charge on any atom is -0.493 e. The van der Waals surface area contributed by atoms with Crippen molar-refractivity contribution in [1.82, 2.24) is 9.55 Å². The van der Waals surface area contributed by atoms with Crippen LogP contribution in [0.1, 0.15) is 10.4 Å². The van der Waals surface area contributed by atoms with Gasteiger partial charge in [0.05, 0.1) is 19.8 Å². The van der Waals surface area contributed by atoms with Gasteiger partial charge in [-0.3, -0.25) is 9.36 Å². The second kappa shape index (κ2) is 9.11. The molecule has 6 nitrogen and oxygen atoms in total. The van der Waals surface area contributed by atoms with Crippen molar-refractivity contribution in [3.63, 3.8) is 0 Å². The first-order valence-electron chi connectivity index (χ1n) is 10.7. The second-order valence-corrected chi connectivity index (χ2v) is 7.57. The first-order valence-corrected chi connectivity index (χ1v) is 10.7. The summed E-state index contributed by atoms with van der Waals surface area (Å²) in [5, 5.41) is 0.851. The molecule has 0 amide bonds. The van der Waals surface area contributed by atoms with Crippen LogP contribution >= 0.6 is 0 Å². The Hall–Kier alpha value is -4.58. The number of carbonyl (C=O) groups is 1. The molecule has 0 fully saturated rings. The molecule has 0 aliphatic carbocycles. The second-order valence-electron chi connectivity index (χ2n) is 7.57. The Kier molecular flexibility index (Phi) is 5.70. The van der Waals surface area contributed by atoms with E-state index in [1.54, 1.807) is 43.3 Å². The van der Waals surface area contributed by atoms with Crippen molar-refractivity contribution >= 4 is 16.9 Å². The number of carbonyl (C=O) groups excluding carboxylic acids is 1. The molecule has 168 valence electrons. The maximum absolute atomic E-state index is 13.7. The monoisotopic (exact) mass is 450 g/mol. The highest BCUT2D eigenvalue weighted by Crippen LogP contribution is 2.36. The molecule has 0 aliphatic heterocycles. The van der Waals surface area contributed by atoms with Crippen LogP contribution in [-0.2, 0) is 0 Å². The van der Waals surface area contributed by atoms with Gasteiger partial charge in [-0.2, -0.15) is 0 Å². The number of nitrogens with zero attached hydrogens (tertiary/aromatic N) is 2. The molecular formula is C28H22N2O4. The molecule has 2 heterocycles. The van der Waals surface area contributed by atoms with E-state index < -0.39 is 0 Å². The normalized spacial score (nSPS) is 10.8. The van der Waals surface area contributed by atoms with Crippen LogP contribution in [0, 0.1) is 0 Å². The third kappa shape index (κ3) is 3.86. The van der Waals surface area contributed by atoms with Gasteiger partial charge in [0.2, 0.25) is 0 Å². The maximum Gasteiger partial charge on any atom is 0.267 e. The molecular weight excluding hydrogens is 428 g/mol. The Morgan fingerprint density at radius 2 is 1.56 bits per heavy atom. The molecule has 0 saturated carbocycles. The Balaban J connectivity index is 1.61. The third-order valence-electron chi connectivity index (χ3n) is 5.57. The molecule has 5 rings (SSSR count). The lowest BCUT2D eigenvalue weighted by atomic mass is 10.1. The largest absolute Gasteiger partial charge is 0.493 e. The van der Waals surface area contributed by atoms with E-state index in [2.05, 4.69) is 4.98 Å². The van der Waals surface area contributed by atoms with Crippen molar-refractivity contribution in [2.24, 2.45) is 0 Å². The molecule has 0 saturated heterocycles. The van der Waals surface area contributed by atoms with Crippen LogP contribution in [0.15, 0.2) is 97.3 Å². The molecule has 6 heteroatoms. The number of para-hydroxylation sites is 2. The lowest BCUT2D eigenvalue weighted by Gasteiger charge is -2.11. The van der Waals surface area contributed by atoms with Gasteiger partial charge in [-0.25, -0.2) is 4.98 Å². The summed E-state index contributed by atoms with van der Waals surface area (Å²) in [6, 6.07) is 26.1. The first kappa shape index (κ1) is 21.3. The molecule has 0 atom stereocenters. The Morgan fingerprint density at radius 1 is 0.794 bits per heavy atom. The predicted molar refractivity (Wildman–Crippen MR) is 131 cm³/mol.